The smallest absolute Gasteiger partial charge is 0.274 e. The number of carbonyl (C=O) groups excluding carboxylic acids is 1. The predicted octanol–water partition coefficient (Wildman–Crippen LogP) is 2.85. The van der Waals surface area contributed by atoms with Crippen molar-refractivity contribution in [2.24, 2.45) is 7.05 Å². The second kappa shape index (κ2) is 7.44. The van der Waals surface area contributed by atoms with E-state index >= 15 is 0 Å². The molecule has 0 saturated carbocycles. The molecule has 1 N–H and O–H groups in total. The van der Waals surface area contributed by atoms with Gasteiger partial charge in [-0.15, -0.1) is 0 Å². The lowest BCUT2D eigenvalue weighted by Crippen LogP contribution is -2.32. The minimum absolute atomic E-state index is 0.215. The van der Waals surface area contributed by atoms with E-state index in [1.54, 1.807) is 43.7 Å². The van der Waals surface area contributed by atoms with Crippen LogP contribution in [0.5, 0.6) is 0 Å². The van der Waals surface area contributed by atoms with Crippen molar-refractivity contribution in [3.05, 3.63) is 106 Å². The first-order chi connectivity index (χ1) is 13.6. The normalized spacial score (nSPS) is 11.9. The monoisotopic (exact) mass is 370 g/mol. The summed E-state index contributed by atoms with van der Waals surface area (Å²) in [5.74, 6) is -0.350. The van der Waals surface area contributed by atoms with E-state index < -0.39 is 0 Å². The molecule has 0 radical (unpaired) electrons. The molecule has 0 aliphatic carbocycles. The summed E-state index contributed by atoms with van der Waals surface area (Å²) in [5, 5.41) is 8.28. The van der Waals surface area contributed by atoms with Crippen molar-refractivity contribution in [2.75, 3.05) is 0 Å². The van der Waals surface area contributed by atoms with Crippen LogP contribution in [0.1, 0.15) is 27.7 Å². The number of nitrogens with zero attached hydrogens (tertiary/aromatic N) is 3. The Hall–Kier alpha value is -3.80. The van der Waals surface area contributed by atoms with Crippen molar-refractivity contribution in [3.8, 4) is 0 Å². The van der Waals surface area contributed by atoms with Crippen LogP contribution in [-0.4, -0.2) is 20.7 Å². The molecule has 0 bridgehead atoms. The third-order valence-electron chi connectivity index (χ3n) is 4.62. The Morgan fingerprint density at radius 1 is 0.893 bits per heavy atom. The van der Waals surface area contributed by atoms with Gasteiger partial charge in [-0.1, -0.05) is 48.5 Å². The predicted molar refractivity (Wildman–Crippen MR) is 107 cm³/mol. The highest BCUT2D eigenvalue weighted by Crippen LogP contribution is 2.22. The Kier molecular flexibility index (Phi) is 4.68. The number of hydrogen-bond acceptors (Lipinski definition) is 4. The highest BCUT2D eigenvalue weighted by Gasteiger charge is 2.21. The van der Waals surface area contributed by atoms with Gasteiger partial charge in [-0.25, -0.2) is 4.68 Å². The van der Waals surface area contributed by atoms with Crippen LogP contribution in [0, 0.1) is 0 Å². The first kappa shape index (κ1) is 17.6. The molecule has 0 aliphatic heterocycles. The van der Waals surface area contributed by atoms with Crippen LogP contribution in [0.2, 0.25) is 0 Å². The maximum Gasteiger partial charge on any atom is 0.274 e. The summed E-state index contributed by atoms with van der Waals surface area (Å²) in [6.07, 6.45) is 3.38. The van der Waals surface area contributed by atoms with E-state index in [0.29, 0.717) is 10.8 Å². The molecule has 28 heavy (non-hydrogen) atoms. The molecule has 0 aliphatic rings. The van der Waals surface area contributed by atoms with Crippen LogP contribution in [0.3, 0.4) is 0 Å². The zero-order chi connectivity index (χ0) is 19.5. The lowest BCUT2D eigenvalue weighted by Gasteiger charge is -2.20. The molecule has 6 heteroatoms. The summed E-state index contributed by atoms with van der Waals surface area (Å²) in [7, 11) is 1.54. The number of fused-ring (bicyclic) bond motifs is 1. The average molecular weight is 370 g/mol. The Morgan fingerprint density at radius 3 is 2.21 bits per heavy atom. The maximum atomic E-state index is 13.2. The molecule has 6 nitrogen and oxygen atoms in total. The van der Waals surface area contributed by atoms with Crippen molar-refractivity contribution in [2.45, 2.75) is 6.04 Å². The van der Waals surface area contributed by atoms with Gasteiger partial charge < -0.3 is 5.32 Å². The average Bonchev–Trinajstić information content (AvgIpc) is 2.75. The molecule has 1 atom stereocenters. The minimum atomic E-state index is -0.366. The summed E-state index contributed by atoms with van der Waals surface area (Å²) >= 11 is 0. The van der Waals surface area contributed by atoms with E-state index in [-0.39, 0.29) is 23.2 Å². The molecule has 138 valence electrons. The van der Waals surface area contributed by atoms with Gasteiger partial charge >= 0.3 is 0 Å². The molecular formula is C22H18N4O2. The number of rotatable bonds is 4. The highest BCUT2D eigenvalue weighted by atomic mass is 16.2. The van der Waals surface area contributed by atoms with Gasteiger partial charge in [0.25, 0.3) is 11.5 Å². The largest absolute Gasteiger partial charge is 0.340 e. The van der Waals surface area contributed by atoms with E-state index in [0.717, 1.165) is 11.1 Å². The molecule has 1 unspecified atom stereocenters. The van der Waals surface area contributed by atoms with Gasteiger partial charge in [-0.2, -0.15) is 5.10 Å². The summed E-state index contributed by atoms with van der Waals surface area (Å²) < 4.78 is 1.20. The number of aryl methyl sites for hydroxylation is 1. The van der Waals surface area contributed by atoms with Gasteiger partial charge in [0.15, 0.2) is 5.69 Å². The number of pyridine rings is 1. The van der Waals surface area contributed by atoms with Gasteiger partial charge in [0.1, 0.15) is 0 Å². The second-order valence-electron chi connectivity index (χ2n) is 6.42. The first-order valence-electron chi connectivity index (χ1n) is 8.87. The first-order valence-corrected chi connectivity index (χ1v) is 8.87. The molecule has 2 aromatic carbocycles. The number of nitrogens with one attached hydrogen (secondary N) is 1. The second-order valence-corrected chi connectivity index (χ2v) is 6.42. The van der Waals surface area contributed by atoms with Crippen LogP contribution in [0.25, 0.3) is 10.8 Å². The fourth-order valence-corrected chi connectivity index (χ4v) is 3.23. The number of benzene rings is 2. The quantitative estimate of drug-likeness (QED) is 0.599. The van der Waals surface area contributed by atoms with Crippen molar-refractivity contribution >= 4 is 16.7 Å². The van der Waals surface area contributed by atoms with Gasteiger partial charge in [-0.05, 0) is 29.3 Å². The van der Waals surface area contributed by atoms with Crippen molar-refractivity contribution in [3.63, 3.8) is 0 Å². The molecule has 2 heterocycles. The summed E-state index contributed by atoms with van der Waals surface area (Å²) in [6.45, 7) is 0. The number of aromatic nitrogens is 3. The van der Waals surface area contributed by atoms with Gasteiger partial charge in [-0.3, -0.25) is 14.6 Å². The molecule has 2 aromatic heterocycles. The lowest BCUT2D eigenvalue weighted by atomic mass is 9.99. The summed E-state index contributed by atoms with van der Waals surface area (Å²) in [5.41, 5.74) is 1.83. The van der Waals surface area contributed by atoms with Gasteiger partial charge in [0.2, 0.25) is 0 Å². The van der Waals surface area contributed by atoms with Crippen molar-refractivity contribution < 1.29 is 4.79 Å². The SMILES string of the molecule is Cn1nc(C(=O)NC(c2ccccc2)c2ccncc2)c2ccccc2c1=O. The number of hydrogen-bond donors (Lipinski definition) is 1. The Morgan fingerprint density at radius 2 is 1.50 bits per heavy atom. The topological polar surface area (TPSA) is 76.9 Å². The number of amides is 1. The van der Waals surface area contributed by atoms with E-state index in [1.807, 2.05) is 42.5 Å². The van der Waals surface area contributed by atoms with Crippen LogP contribution < -0.4 is 10.9 Å². The molecule has 4 rings (SSSR count). The number of carbonyl (C=O) groups is 1. The fraction of sp³-hybridized carbons (Fsp3) is 0.0909. The lowest BCUT2D eigenvalue weighted by molar-refractivity contribution is 0.0937. The van der Waals surface area contributed by atoms with Crippen molar-refractivity contribution in [1.29, 1.82) is 0 Å². The van der Waals surface area contributed by atoms with E-state index in [1.165, 1.54) is 4.68 Å². The standard InChI is InChI=1S/C22H18N4O2/c1-26-22(28)18-10-6-5-9-17(18)20(25-26)21(27)24-19(15-7-3-2-4-8-15)16-11-13-23-14-12-16/h2-14,19H,1H3,(H,24,27). The summed E-state index contributed by atoms with van der Waals surface area (Å²) in [6, 6.07) is 20.1. The Labute approximate surface area is 161 Å². The van der Waals surface area contributed by atoms with Gasteiger partial charge in [0.05, 0.1) is 11.4 Å². The van der Waals surface area contributed by atoms with Crippen LogP contribution in [0.15, 0.2) is 83.9 Å². The van der Waals surface area contributed by atoms with E-state index in [4.69, 9.17) is 0 Å². The van der Waals surface area contributed by atoms with E-state index in [9.17, 15) is 9.59 Å². The van der Waals surface area contributed by atoms with Crippen LogP contribution in [-0.2, 0) is 7.05 Å². The van der Waals surface area contributed by atoms with E-state index in [2.05, 4.69) is 15.4 Å². The molecule has 0 spiro atoms. The molecule has 0 fully saturated rings. The zero-order valence-corrected chi connectivity index (χ0v) is 15.2. The van der Waals surface area contributed by atoms with Gasteiger partial charge in [0, 0.05) is 24.8 Å². The third-order valence-corrected chi connectivity index (χ3v) is 4.62. The fourth-order valence-electron chi connectivity index (χ4n) is 3.23. The molecular weight excluding hydrogens is 352 g/mol. The Bertz CT molecular complexity index is 1150. The van der Waals surface area contributed by atoms with Crippen LogP contribution >= 0.6 is 0 Å². The van der Waals surface area contributed by atoms with Crippen molar-refractivity contribution in [1.82, 2.24) is 20.1 Å². The van der Waals surface area contributed by atoms with Crippen LogP contribution in [0.4, 0.5) is 0 Å². The highest BCUT2D eigenvalue weighted by molar-refractivity contribution is 6.05. The minimum Gasteiger partial charge on any atom is -0.340 e. The summed E-state index contributed by atoms with van der Waals surface area (Å²) in [4.78, 5) is 29.6. The molecule has 0 saturated heterocycles. The third kappa shape index (κ3) is 3.27. The Balaban J connectivity index is 1.79. The zero-order valence-electron chi connectivity index (χ0n) is 15.2. The molecule has 1 amide bonds. The maximum absolute atomic E-state index is 13.2. The molecule has 4 aromatic rings.